The number of rotatable bonds is 11. The summed E-state index contributed by atoms with van der Waals surface area (Å²) in [6.45, 7) is 0.675. The number of fused-ring (bicyclic) bond motifs is 2. The van der Waals surface area contributed by atoms with E-state index in [1.807, 2.05) is 121 Å². The van der Waals surface area contributed by atoms with Crippen molar-refractivity contribution < 1.29 is 24.2 Å². The maximum absolute atomic E-state index is 13.8. The van der Waals surface area contributed by atoms with Gasteiger partial charge in [-0.15, -0.1) is 0 Å². The molecule has 6 nitrogen and oxygen atoms in total. The SMILES string of the molecule is O=C(N[C@@H](Cc1ccc(OCc2ccccc2)c(OCc2ccccc2)c1)C(=O)O)c1c2ccccc2cc2ccccc12. The van der Waals surface area contributed by atoms with Crippen molar-refractivity contribution in [1.82, 2.24) is 5.32 Å². The van der Waals surface area contributed by atoms with E-state index in [1.54, 1.807) is 12.1 Å². The number of aliphatic carboxylic acids is 1. The summed E-state index contributed by atoms with van der Waals surface area (Å²) < 4.78 is 12.3. The van der Waals surface area contributed by atoms with Crippen LogP contribution >= 0.6 is 0 Å². The van der Waals surface area contributed by atoms with Gasteiger partial charge in [0.25, 0.3) is 5.91 Å². The van der Waals surface area contributed by atoms with Gasteiger partial charge in [-0.05, 0) is 56.4 Å². The molecular weight excluding hydrogens is 550 g/mol. The van der Waals surface area contributed by atoms with Gasteiger partial charge in [0.05, 0.1) is 5.56 Å². The van der Waals surface area contributed by atoms with E-state index in [-0.39, 0.29) is 6.42 Å². The summed E-state index contributed by atoms with van der Waals surface area (Å²) in [4.78, 5) is 26.2. The highest BCUT2D eigenvalue weighted by molar-refractivity contribution is 6.18. The van der Waals surface area contributed by atoms with Gasteiger partial charge in [0.1, 0.15) is 19.3 Å². The van der Waals surface area contributed by atoms with Gasteiger partial charge in [0.15, 0.2) is 11.5 Å². The Labute approximate surface area is 255 Å². The van der Waals surface area contributed by atoms with Gasteiger partial charge in [-0.2, -0.15) is 0 Å². The van der Waals surface area contributed by atoms with Crippen molar-refractivity contribution in [1.29, 1.82) is 0 Å². The summed E-state index contributed by atoms with van der Waals surface area (Å²) in [5.74, 6) is -0.516. The summed E-state index contributed by atoms with van der Waals surface area (Å²) >= 11 is 0. The fraction of sp³-hybridized carbons (Fsp3) is 0.105. The van der Waals surface area contributed by atoms with E-state index in [1.165, 1.54) is 0 Å². The number of carboxylic acids is 1. The zero-order valence-corrected chi connectivity index (χ0v) is 24.0. The number of hydrogen-bond acceptors (Lipinski definition) is 4. The Kier molecular flexibility index (Phi) is 8.50. The van der Waals surface area contributed by atoms with E-state index in [0.717, 1.165) is 32.7 Å². The van der Waals surface area contributed by atoms with E-state index in [0.29, 0.717) is 35.8 Å². The van der Waals surface area contributed by atoms with E-state index in [2.05, 4.69) is 5.32 Å². The standard InChI is InChI=1S/C38H31NO5/c40-37(36-31-17-9-7-15-29(31)23-30-16-8-10-18-32(30)36)39-33(38(41)42)21-28-19-20-34(43-24-26-11-3-1-4-12-26)35(22-28)44-25-27-13-5-2-6-14-27/h1-20,22-23,33H,21,24-25H2,(H,39,40)(H,41,42)/t33-/m0/s1. The average Bonchev–Trinajstić information content (AvgIpc) is 3.06. The molecule has 0 saturated carbocycles. The molecule has 0 saturated heterocycles. The Morgan fingerprint density at radius 1 is 0.591 bits per heavy atom. The zero-order valence-electron chi connectivity index (χ0n) is 24.0. The highest BCUT2D eigenvalue weighted by Crippen LogP contribution is 2.31. The van der Waals surface area contributed by atoms with Crippen LogP contribution in [0.3, 0.4) is 0 Å². The molecule has 0 bridgehead atoms. The predicted octanol–water partition coefficient (Wildman–Crippen LogP) is 7.58. The quantitative estimate of drug-likeness (QED) is 0.154. The fourth-order valence-corrected chi connectivity index (χ4v) is 5.31. The summed E-state index contributed by atoms with van der Waals surface area (Å²) in [6.07, 6.45) is 0.0600. The van der Waals surface area contributed by atoms with Gasteiger partial charge in [-0.1, -0.05) is 115 Å². The van der Waals surface area contributed by atoms with Crippen molar-refractivity contribution >= 4 is 33.4 Å². The Hall–Kier alpha value is -5.62. The summed E-state index contributed by atoms with van der Waals surface area (Å²) in [5.41, 5.74) is 3.15. The maximum Gasteiger partial charge on any atom is 0.326 e. The highest BCUT2D eigenvalue weighted by atomic mass is 16.5. The van der Waals surface area contributed by atoms with Crippen LogP contribution in [0.1, 0.15) is 27.0 Å². The Morgan fingerprint density at radius 2 is 1.11 bits per heavy atom. The normalized spacial score (nSPS) is 11.6. The molecule has 0 aliphatic rings. The van der Waals surface area contributed by atoms with Crippen LogP contribution in [0.5, 0.6) is 11.5 Å². The molecule has 218 valence electrons. The summed E-state index contributed by atoms with van der Waals surface area (Å²) in [7, 11) is 0. The second kappa shape index (κ2) is 13.1. The Bertz CT molecular complexity index is 1870. The van der Waals surface area contributed by atoms with Crippen LogP contribution < -0.4 is 14.8 Å². The molecule has 6 heteroatoms. The molecule has 0 spiro atoms. The first-order valence-corrected chi connectivity index (χ1v) is 14.5. The second-order valence-corrected chi connectivity index (χ2v) is 10.6. The number of carbonyl (C=O) groups is 2. The Morgan fingerprint density at radius 3 is 1.68 bits per heavy atom. The summed E-state index contributed by atoms with van der Waals surface area (Å²) in [6, 6.07) is 41.1. The fourth-order valence-electron chi connectivity index (χ4n) is 5.31. The van der Waals surface area contributed by atoms with E-state index < -0.39 is 17.9 Å². The first-order chi connectivity index (χ1) is 21.5. The molecule has 6 aromatic rings. The van der Waals surface area contributed by atoms with Gasteiger partial charge in [0, 0.05) is 6.42 Å². The van der Waals surface area contributed by atoms with Crippen LogP contribution in [0.4, 0.5) is 0 Å². The van der Waals surface area contributed by atoms with Crippen LogP contribution in [-0.4, -0.2) is 23.0 Å². The van der Waals surface area contributed by atoms with E-state index >= 15 is 0 Å². The average molecular weight is 582 g/mol. The van der Waals surface area contributed by atoms with Crippen molar-refractivity contribution in [3.8, 4) is 11.5 Å². The monoisotopic (exact) mass is 581 g/mol. The van der Waals surface area contributed by atoms with Crippen LogP contribution in [0.15, 0.2) is 133 Å². The van der Waals surface area contributed by atoms with Gasteiger partial charge >= 0.3 is 5.97 Å². The number of carbonyl (C=O) groups excluding carboxylic acids is 1. The zero-order chi connectivity index (χ0) is 30.3. The number of hydrogen-bond donors (Lipinski definition) is 2. The minimum absolute atomic E-state index is 0.0600. The first-order valence-electron chi connectivity index (χ1n) is 14.5. The molecule has 0 radical (unpaired) electrons. The molecular formula is C38H31NO5. The predicted molar refractivity (Wildman–Crippen MR) is 172 cm³/mol. The van der Waals surface area contributed by atoms with Crippen molar-refractivity contribution in [2.75, 3.05) is 0 Å². The first kappa shape index (κ1) is 28.5. The minimum Gasteiger partial charge on any atom is -0.485 e. The van der Waals surface area contributed by atoms with Crippen LogP contribution in [0.2, 0.25) is 0 Å². The van der Waals surface area contributed by atoms with Gasteiger partial charge < -0.3 is 19.9 Å². The van der Waals surface area contributed by atoms with Crippen LogP contribution in [0.25, 0.3) is 21.5 Å². The molecule has 0 heterocycles. The van der Waals surface area contributed by atoms with Crippen LogP contribution in [0, 0.1) is 0 Å². The molecule has 0 aliphatic carbocycles. The lowest BCUT2D eigenvalue weighted by molar-refractivity contribution is -0.139. The Balaban J connectivity index is 1.26. The minimum atomic E-state index is -1.17. The molecule has 0 fully saturated rings. The van der Waals surface area contributed by atoms with Crippen molar-refractivity contribution in [3.63, 3.8) is 0 Å². The van der Waals surface area contributed by atoms with Crippen molar-refractivity contribution in [3.05, 3.63) is 156 Å². The largest absolute Gasteiger partial charge is 0.485 e. The molecule has 6 rings (SSSR count). The third kappa shape index (κ3) is 6.55. The second-order valence-electron chi connectivity index (χ2n) is 10.6. The van der Waals surface area contributed by atoms with Gasteiger partial charge in [-0.3, -0.25) is 4.79 Å². The number of benzene rings is 6. The topological polar surface area (TPSA) is 84.9 Å². The van der Waals surface area contributed by atoms with Crippen molar-refractivity contribution in [2.45, 2.75) is 25.7 Å². The molecule has 2 N–H and O–H groups in total. The van der Waals surface area contributed by atoms with E-state index in [4.69, 9.17) is 9.47 Å². The van der Waals surface area contributed by atoms with Gasteiger partial charge in [0.2, 0.25) is 0 Å². The molecule has 1 atom stereocenters. The number of carboxylic acid groups (broad SMARTS) is 1. The molecule has 0 aromatic heterocycles. The highest BCUT2D eigenvalue weighted by Gasteiger charge is 2.24. The molecule has 1 amide bonds. The number of ether oxygens (including phenoxy) is 2. The molecule has 44 heavy (non-hydrogen) atoms. The molecule has 6 aromatic carbocycles. The smallest absolute Gasteiger partial charge is 0.326 e. The molecule has 0 aliphatic heterocycles. The lowest BCUT2D eigenvalue weighted by atomic mass is 9.95. The van der Waals surface area contributed by atoms with Crippen molar-refractivity contribution in [2.24, 2.45) is 0 Å². The van der Waals surface area contributed by atoms with E-state index in [9.17, 15) is 14.7 Å². The third-order valence-electron chi connectivity index (χ3n) is 7.52. The maximum atomic E-state index is 13.8. The summed E-state index contributed by atoms with van der Waals surface area (Å²) in [5, 5.41) is 16.3. The van der Waals surface area contributed by atoms with Gasteiger partial charge in [-0.25, -0.2) is 4.79 Å². The third-order valence-corrected chi connectivity index (χ3v) is 7.52. The lowest BCUT2D eigenvalue weighted by Crippen LogP contribution is -2.42. The lowest BCUT2D eigenvalue weighted by Gasteiger charge is -2.19. The molecule has 0 unspecified atom stereocenters. The number of nitrogens with one attached hydrogen (secondary N) is 1. The number of amides is 1. The van der Waals surface area contributed by atoms with Crippen LogP contribution in [-0.2, 0) is 24.4 Å².